The molecule has 0 aromatic heterocycles. The van der Waals surface area contributed by atoms with E-state index < -0.39 is 29.6 Å². The van der Waals surface area contributed by atoms with Crippen LogP contribution < -0.4 is 9.47 Å². The van der Waals surface area contributed by atoms with Gasteiger partial charge >= 0.3 is 17.9 Å². The summed E-state index contributed by atoms with van der Waals surface area (Å²) in [5, 5.41) is 3.38. The van der Waals surface area contributed by atoms with E-state index >= 15 is 0 Å². The van der Waals surface area contributed by atoms with E-state index in [1.54, 1.807) is 37.3 Å². The van der Waals surface area contributed by atoms with Crippen molar-refractivity contribution in [3.05, 3.63) is 109 Å². The fourth-order valence-corrected chi connectivity index (χ4v) is 5.94. The summed E-state index contributed by atoms with van der Waals surface area (Å²) >= 11 is 0. The Morgan fingerprint density at radius 3 is 1.47 bits per heavy atom. The van der Waals surface area contributed by atoms with Gasteiger partial charge in [-0.2, -0.15) is 0 Å². The van der Waals surface area contributed by atoms with E-state index in [0.29, 0.717) is 49.1 Å². The van der Waals surface area contributed by atoms with Crippen molar-refractivity contribution < 1.29 is 47.7 Å². The van der Waals surface area contributed by atoms with Crippen LogP contribution in [0.4, 0.5) is 0 Å². The van der Waals surface area contributed by atoms with Crippen LogP contribution in [0, 0.1) is 5.92 Å². The van der Waals surface area contributed by atoms with Gasteiger partial charge in [0.2, 0.25) is 0 Å². The number of ether oxygens (including phenoxy) is 5. The number of carbonyl (C=O) groups excluding carboxylic acids is 5. The second kappa shape index (κ2) is 22.4. The number of hydrogen-bond acceptors (Lipinski definition) is 10. The molecule has 55 heavy (non-hydrogen) atoms. The van der Waals surface area contributed by atoms with Gasteiger partial charge in [0.1, 0.15) is 17.4 Å². The van der Waals surface area contributed by atoms with E-state index in [1.165, 1.54) is 0 Å². The van der Waals surface area contributed by atoms with Crippen LogP contribution in [0.5, 0.6) is 11.5 Å². The van der Waals surface area contributed by atoms with Crippen LogP contribution in [0.3, 0.4) is 0 Å². The van der Waals surface area contributed by atoms with Gasteiger partial charge in [0, 0.05) is 29.7 Å². The fourth-order valence-electron chi connectivity index (χ4n) is 5.94. The van der Waals surface area contributed by atoms with Crippen molar-refractivity contribution in [1.29, 1.82) is 0 Å². The summed E-state index contributed by atoms with van der Waals surface area (Å²) < 4.78 is 27.1. The summed E-state index contributed by atoms with van der Waals surface area (Å²) in [6.45, 7) is 10.3. The van der Waals surface area contributed by atoms with Crippen LogP contribution in [0.25, 0.3) is 21.5 Å². The molecule has 0 heterocycles. The zero-order valence-electron chi connectivity index (χ0n) is 31.6. The monoisotopic (exact) mass is 750 g/mol. The van der Waals surface area contributed by atoms with Gasteiger partial charge in [-0.3, -0.25) is 14.4 Å². The predicted octanol–water partition coefficient (Wildman–Crippen LogP) is 8.96. The highest BCUT2D eigenvalue weighted by atomic mass is 16.5. The third kappa shape index (κ3) is 13.5. The molecule has 0 fully saturated rings. The second-order valence-electron chi connectivity index (χ2n) is 13.0. The summed E-state index contributed by atoms with van der Waals surface area (Å²) in [5.74, 6) is -2.25. The van der Waals surface area contributed by atoms with Gasteiger partial charge in [-0.1, -0.05) is 49.6 Å². The fraction of sp³-hybridized carbons (Fsp3) is 0.356. The predicted molar refractivity (Wildman–Crippen MR) is 212 cm³/mol. The quantitative estimate of drug-likeness (QED) is 0.0162. The molecule has 1 unspecified atom stereocenters. The average Bonchev–Trinajstić information content (AvgIpc) is 3.20. The minimum Gasteiger partial charge on any atom is -0.494 e. The minimum absolute atomic E-state index is 0.0794. The molecule has 0 aliphatic heterocycles. The van der Waals surface area contributed by atoms with E-state index in [1.807, 2.05) is 42.5 Å². The van der Waals surface area contributed by atoms with Crippen LogP contribution >= 0.6 is 0 Å². The Kier molecular flexibility index (Phi) is 17.1. The first-order chi connectivity index (χ1) is 26.7. The first-order valence-corrected chi connectivity index (χ1v) is 18.9. The lowest BCUT2D eigenvalue weighted by Crippen LogP contribution is -2.29. The Balaban J connectivity index is 1.31. The van der Waals surface area contributed by atoms with Crippen LogP contribution in [0.2, 0.25) is 0 Å². The molecule has 0 aliphatic carbocycles. The molecule has 290 valence electrons. The van der Waals surface area contributed by atoms with Crippen LogP contribution in [-0.2, 0) is 28.6 Å². The number of esters is 3. The molecular formula is C45H50O10. The summed E-state index contributed by atoms with van der Waals surface area (Å²) in [6, 6.07) is 21.7. The van der Waals surface area contributed by atoms with E-state index in [9.17, 15) is 24.0 Å². The lowest BCUT2D eigenvalue weighted by molar-refractivity contribution is -0.146. The molecule has 0 N–H and O–H groups in total. The van der Waals surface area contributed by atoms with Crippen LogP contribution in [0.1, 0.15) is 85.4 Å². The summed E-state index contributed by atoms with van der Waals surface area (Å²) in [5.41, 5.74) is 0.702. The van der Waals surface area contributed by atoms with Gasteiger partial charge in [0.05, 0.1) is 33.0 Å². The largest absolute Gasteiger partial charge is 0.494 e. The number of carbonyl (C=O) groups is 5. The normalized spacial score (nSPS) is 11.4. The molecule has 0 amide bonds. The molecule has 4 aromatic rings. The van der Waals surface area contributed by atoms with E-state index in [2.05, 4.69) is 13.2 Å². The summed E-state index contributed by atoms with van der Waals surface area (Å²) in [7, 11) is 0. The molecule has 0 saturated heterocycles. The maximum Gasteiger partial charge on any atom is 0.330 e. The lowest BCUT2D eigenvalue weighted by Gasteiger charge is -2.15. The summed E-state index contributed by atoms with van der Waals surface area (Å²) in [6.07, 6.45) is 9.00. The third-order valence-electron chi connectivity index (χ3n) is 8.94. The van der Waals surface area contributed by atoms with Crippen LogP contribution in [0.15, 0.2) is 98.1 Å². The first-order valence-electron chi connectivity index (χ1n) is 18.9. The molecule has 4 aromatic carbocycles. The Morgan fingerprint density at radius 1 is 0.545 bits per heavy atom. The number of ketones is 2. The van der Waals surface area contributed by atoms with Gasteiger partial charge in [-0.05, 0) is 116 Å². The highest BCUT2D eigenvalue weighted by Crippen LogP contribution is 2.27. The molecule has 0 aliphatic rings. The SMILES string of the molecule is C=CC(=O)OCCCCCCOc1ccc2cc(C(=O)CC(C(=O)OCC)C(=O)c3ccc4cc(OCCCCCCOC(=O)C=C)ccc4c3)ccc2c1. The standard InChI is InChI=1S/C45H50O10/c1-4-42(47)54-25-13-9-7-11-23-52-38-21-19-32-27-36(17-15-34(32)29-38)41(46)31-40(45(50)51-6-3)44(49)37-18-16-35-30-39(22-20-33(35)28-37)53-24-12-8-10-14-26-55-43(48)5-2/h4-5,15-22,27-30,40H,1-2,6-14,23-26,31H2,3H3. The van der Waals surface area contributed by atoms with Gasteiger partial charge in [-0.15, -0.1) is 0 Å². The Bertz CT molecular complexity index is 1960. The second-order valence-corrected chi connectivity index (χ2v) is 13.0. The Labute approximate surface area is 322 Å². The van der Waals surface area contributed by atoms with Crippen molar-refractivity contribution >= 4 is 51.0 Å². The zero-order chi connectivity index (χ0) is 39.4. The van der Waals surface area contributed by atoms with Gasteiger partial charge in [-0.25, -0.2) is 9.59 Å². The van der Waals surface area contributed by atoms with Crippen molar-refractivity contribution in [3.63, 3.8) is 0 Å². The number of hydrogen-bond donors (Lipinski definition) is 0. The summed E-state index contributed by atoms with van der Waals surface area (Å²) in [4.78, 5) is 62.6. The molecular weight excluding hydrogens is 700 g/mol. The van der Waals surface area contributed by atoms with Gasteiger partial charge in [0.15, 0.2) is 11.6 Å². The molecule has 1 atom stereocenters. The van der Waals surface area contributed by atoms with Crippen molar-refractivity contribution in [2.45, 2.75) is 64.7 Å². The third-order valence-corrected chi connectivity index (χ3v) is 8.94. The lowest BCUT2D eigenvalue weighted by atomic mass is 9.89. The topological polar surface area (TPSA) is 132 Å². The highest BCUT2D eigenvalue weighted by molar-refractivity contribution is 6.13. The highest BCUT2D eigenvalue weighted by Gasteiger charge is 2.32. The van der Waals surface area contributed by atoms with Gasteiger partial charge in [0.25, 0.3) is 0 Å². The van der Waals surface area contributed by atoms with Crippen molar-refractivity contribution in [2.75, 3.05) is 33.0 Å². The maximum atomic E-state index is 13.8. The van der Waals surface area contributed by atoms with E-state index in [0.717, 1.165) is 85.1 Å². The smallest absolute Gasteiger partial charge is 0.330 e. The number of fused-ring (bicyclic) bond motifs is 2. The number of Topliss-reactive ketones (excluding diaryl/α,β-unsaturated/α-hetero) is 2. The molecule has 0 spiro atoms. The average molecular weight is 751 g/mol. The van der Waals surface area contributed by atoms with E-state index in [-0.39, 0.29) is 18.8 Å². The molecule has 4 rings (SSSR count). The molecule has 10 nitrogen and oxygen atoms in total. The van der Waals surface area contributed by atoms with Crippen molar-refractivity contribution in [1.82, 2.24) is 0 Å². The van der Waals surface area contributed by atoms with Crippen molar-refractivity contribution in [2.24, 2.45) is 5.92 Å². The molecule has 0 bridgehead atoms. The Hall–Kier alpha value is -5.77. The number of benzene rings is 4. The molecule has 0 saturated carbocycles. The Morgan fingerprint density at radius 2 is 0.982 bits per heavy atom. The number of rotatable bonds is 25. The molecule has 0 radical (unpaired) electrons. The first kappa shape index (κ1) is 42.0. The maximum absolute atomic E-state index is 13.8. The van der Waals surface area contributed by atoms with E-state index in [4.69, 9.17) is 23.7 Å². The minimum atomic E-state index is -1.30. The zero-order valence-corrected chi connectivity index (χ0v) is 31.6. The molecule has 10 heteroatoms. The van der Waals surface area contributed by atoms with Gasteiger partial charge < -0.3 is 23.7 Å². The van der Waals surface area contributed by atoms with Crippen LogP contribution in [-0.4, -0.2) is 62.5 Å². The number of unbranched alkanes of at least 4 members (excludes halogenated alkanes) is 6. The van der Waals surface area contributed by atoms with Crippen molar-refractivity contribution in [3.8, 4) is 11.5 Å².